The van der Waals surface area contributed by atoms with Gasteiger partial charge in [-0.25, -0.2) is 4.79 Å². The summed E-state index contributed by atoms with van der Waals surface area (Å²) >= 11 is 22.3. The summed E-state index contributed by atoms with van der Waals surface area (Å²) in [5, 5.41) is 3.19. The number of hydrogen-bond donors (Lipinski definition) is 1. The highest BCUT2D eigenvalue weighted by Gasteiger charge is 2.07. The maximum Gasteiger partial charge on any atom is 0.411 e. The van der Waals surface area contributed by atoms with E-state index < -0.39 is 10.9 Å². The molecule has 1 amide bonds. The van der Waals surface area contributed by atoms with E-state index in [1.807, 2.05) is 0 Å². The van der Waals surface area contributed by atoms with E-state index >= 15 is 0 Å². The Morgan fingerprint density at radius 3 is 2.56 bits per heavy atom. The van der Waals surface area contributed by atoms with E-state index in [1.165, 1.54) is 6.07 Å². The van der Waals surface area contributed by atoms with Gasteiger partial charge in [-0.15, -0.1) is 23.2 Å². The van der Waals surface area contributed by atoms with E-state index in [0.717, 1.165) is 0 Å². The van der Waals surface area contributed by atoms with Crippen molar-refractivity contribution in [1.29, 1.82) is 0 Å². The highest BCUT2D eigenvalue weighted by atomic mass is 35.5. The molecule has 0 spiro atoms. The Bertz CT molecular complexity index is 384. The fraction of sp³-hybridized carbons (Fsp3) is 0.222. The molecule has 0 aliphatic rings. The molecule has 88 valence electrons. The van der Waals surface area contributed by atoms with E-state index in [0.29, 0.717) is 15.7 Å². The number of anilines is 1. The topological polar surface area (TPSA) is 38.3 Å². The van der Waals surface area contributed by atoms with Gasteiger partial charge < -0.3 is 4.74 Å². The molecule has 1 aromatic rings. The summed E-state index contributed by atoms with van der Waals surface area (Å²) in [5.41, 5.74) is 0.472. The maximum atomic E-state index is 11.2. The Balaban J connectivity index is 2.53. The van der Waals surface area contributed by atoms with Gasteiger partial charge in [0.15, 0.2) is 0 Å². The average molecular weight is 303 g/mol. The number of nitrogens with one attached hydrogen (secondary N) is 1. The first-order valence-corrected chi connectivity index (χ1v) is 5.79. The molecule has 0 aromatic heterocycles. The van der Waals surface area contributed by atoms with Crippen LogP contribution in [0.25, 0.3) is 0 Å². The van der Waals surface area contributed by atoms with Crippen LogP contribution in [0.5, 0.6) is 0 Å². The molecular formula is C9H7Cl4NO2. The van der Waals surface area contributed by atoms with Crippen LogP contribution >= 0.6 is 46.4 Å². The fourth-order valence-electron chi connectivity index (χ4n) is 0.867. The SMILES string of the molecule is O=C(Nc1ccc(Cl)c(Cl)c1)OCC(Cl)Cl. The molecule has 0 saturated heterocycles. The molecule has 0 bridgehead atoms. The van der Waals surface area contributed by atoms with Crippen LogP contribution in [0.4, 0.5) is 10.5 Å². The van der Waals surface area contributed by atoms with Gasteiger partial charge in [0.05, 0.1) is 10.0 Å². The van der Waals surface area contributed by atoms with Gasteiger partial charge in [0, 0.05) is 5.69 Å². The van der Waals surface area contributed by atoms with E-state index in [9.17, 15) is 4.79 Å². The molecule has 1 aromatic carbocycles. The summed E-state index contributed by atoms with van der Waals surface area (Å²) in [7, 11) is 0. The number of ether oxygens (including phenoxy) is 1. The standard InChI is InChI=1S/C9H7Cl4NO2/c10-6-2-1-5(3-7(6)11)14-9(15)16-4-8(12)13/h1-3,8H,4H2,(H,14,15). The van der Waals surface area contributed by atoms with Crippen LogP contribution in [-0.4, -0.2) is 17.5 Å². The third kappa shape index (κ3) is 4.66. The third-order valence-electron chi connectivity index (χ3n) is 1.51. The van der Waals surface area contributed by atoms with E-state index in [1.54, 1.807) is 12.1 Å². The highest BCUT2D eigenvalue weighted by Crippen LogP contribution is 2.25. The normalized spacial score (nSPS) is 10.3. The summed E-state index contributed by atoms with van der Waals surface area (Å²) in [4.78, 5) is 10.4. The quantitative estimate of drug-likeness (QED) is 0.843. The molecule has 0 saturated carbocycles. The van der Waals surface area contributed by atoms with Crippen molar-refractivity contribution >= 4 is 58.2 Å². The molecule has 0 atom stereocenters. The summed E-state index contributed by atoms with van der Waals surface area (Å²) in [5.74, 6) is 0. The Morgan fingerprint density at radius 2 is 2.00 bits per heavy atom. The van der Waals surface area contributed by atoms with Crippen LogP contribution in [0.15, 0.2) is 18.2 Å². The zero-order chi connectivity index (χ0) is 12.1. The lowest BCUT2D eigenvalue weighted by molar-refractivity contribution is 0.166. The van der Waals surface area contributed by atoms with Crippen molar-refractivity contribution in [3.63, 3.8) is 0 Å². The molecule has 0 unspecified atom stereocenters. The molecular weight excluding hydrogens is 296 g/mol. The van der Waals surface area contributed by atoms with Gasteiger partial charge >= 0.3 is 6.09 Å². The minimum Gasteiger partial charge on any atom is -0.446 e. The summed E-state index contributed by atoms with van der Waals surface area (Å²) in [6, 6.07) is 4.66. The smallest absolute Gasteiger partial charge is 0.411 e. The minimum atomic E-state index is -0.750. The Hall–Kier alpha value is -0.350. The molecule has 16 heavy (non-hydrogen) atoms. The van der Waals surface area contributed by atoms with Crippen LogP contribution in [0.1, 0.15) is 0 Å². The number of hydrogen-bond acceptors (Lipinski definition) is 2. The number of carbonyl (C=O) groups is 1. The number of halogens is 4. The molecule has 7 heteroatoms. The summed E-state index contributed by atoms with van der Waals surface area (Å²) in [6.45, 7) is -0.0870. The van der Waals surface area contributed by atoms with Crippen molar-refractivity contribution in [2.75, 3.05) is 11.9 Å². The molecule has 0 aliphatic carbocycles. The molecule has 1 rings (SSSR count). The minimum absolute atomic E-state index is 0.0870. The molecule has 0 aliphatic heterocycles. The predicted octanol–water partition coefficient (Wildman–Crippen LogP) is 4.35. The monoisotopic (exact) mass is 301 g/mol. The fourth-order valence-corrected chi connectivity index (χ4v) is 1.29. The maximum absolute atomic E-state index is 11.2. The highest BCUT2D eigenvalue weighted by molar-refractivity contribution is 6.44. The molecule has 0 fully saturated rings. The Morgan fingerprint density at radius 1 is 1.31 bits per heavy atom. The second-order valence-corrected chi connectivity index (χ2v) is 4.83. The van der Waals surface area contributed by atoms with Gasteiger partial charge in [-0.1, -0.05) is 23.2 Å². The number of alkyl halides is 2. The average Bonchev–Trinajstić information content (AvgIpc) is 2.21. The van der Waals surface area contributed by atoms with Crippen molar-refractivity contribution in [2.45, 2.75) is 4.84 Å². The van der Waals surface area contributed by atoms with Crippen molar-refractivity contribution in [2.24, 2.45) is 0 Å². The van der Waals surface area contributed by atoms with Crippen molar-refractivity contribution in [3.8, 4) is 0 Å². The zero-order valence-electron chi connectivity index (χ0n) is 7.84. The van der Waals surface area contributed by atoms with Gasteiger partial charge in [0.2, 0.25) is 0 Å². The van der Waals surface area contributed by atoms with Gasteiger partial charge in [0.1, 0.15) is 11.4 Å². The van der Waals surface area contributed by atoms with Crippen molar-refractivity contribution in [1.82, 2.24) is 0 Å². The van der Waals surface area contributed by atoms with Crippen LogP contribution < -0.4 is 5.32 Å². The summed E-state index contributed by atoms with van der Waals surface area (Å²) in [6.07, 6.45) is -0.662. The second-order valence-electron chi connectivity index (χ2n) is 2.74. The number of carbonyl (C=O) groups excluding carboxylic acids is 1. The van der Waals surface area contributed by atoms with Gasteiger partial charge in [-0.05, 0) is 18.2 Å². The first kappa shape index (κ1) is 13.7. The first-order chi connectivity index (χ1) is 7.49. The number of rotatable bonds is 3. The summed E-state index contributed by atoms with van der Waals surface area (Å²) < 4.78 is 4.69. The Kier molecular flexibility index (Phi) is 5.49. The van der Waals surface area contributed by atoms with Crippen LogP contribution in [-0.2, 0) is 4.74 Å². The van der Waals surface area contributed by atoms with Crippen LogP contribution in [0, 0.1) is 0 Å². The predicted molar refractivity (Wildman–Crippen MR) is 66.9 cm³/mol. The zero-order valence-corrected chi connectivity index (χ0v) is 10.9. The largest absolute Gasteiger partial charge is 0.446 e. The van der Waals surface area contributed by atoms with E-state index in [4.69, 9.17) is 46.4 Å². The Labute approximate surface area is 113 Å². The van der Waals surface area contributed by atoms with E-state index in [-0.39, 0.29) is 6.61 Å². The van der Waals surface area contributed by atoms with Crippen LogP contribution in [0.2, 0.25) is 10.0 Å². The number of amides is 1. The van der Waals surface area contributed by atoms with Gasteiger partial charge in [-0.2, -0.15) is 0 Å². The van der Waals surface area contributed by atoms with Gasteiger partial charge in [-0.3, -0.25) is 5.32 Å². The molecule has 0 radical (unpaired) electrons. The molecule has 3 nitrogen and oxygen atoms in total. The lowest BCUT2D eigenvalue weighted by Gasteiger charge is -2.07. The third-order valence-corrected chi connectivity index (χ3v) is 2.50. The lowest BCUT2D eigenvalue weighted by Crippen LogP contribution is -2.16. The lowest BCUT2D eigenvalue weighted by atomic mass is 10.3. The van der Waals surface area contributed by atoms with Crippen molar-refractivity contribution < 1.29 is 9.53 Å². The molecule has 0 heterocycles. The van der Waals surface area contributed by atoms with Crippen LogP contribution in [0.3, 0.4) is 0 Å². The first-order valence-electron chi connectivity index (χ1n) is 4.16. The number of benzene rings is 1. The van der Waals surface area contributed by atoms with Gasteiger partial charge in [0.25, 0.3) is 0 Å². The van der Waals surface area contributed by atoms with E-state index in [2.05, 4.69) is 10.1 Å². The van der Waals surface area contributed by atoms with Crippen molar-refractivity contribution in [3.05, 3.63) is 28.2 Å². The second kappa shape index (κ2) is 6.40. The molecule has 1 N–H and O–H groups in total.